The molecule has 0 bridgehead atoms. The number of nitrogens with one attached hydrogen (secondary N) is 1. The number of halogens is 2. The van der Waals surface area contributed by atoms with Crippen molar-refractivity contribution in [2.75, 3.05) is 11.1 Å². The van der Waals surface area contributed by atoms with Crippen LogP contribution in [0.25, 0.3) is 0 Å². The lowest BCUT2D eigenvalue weighted by molar-refractivity contribution is -0.384. The molecule has 1 amide bonds. The van der Waals surface area contributed by atoms with Crippen LogP contribution >= 0.6 is 35.0 Å². The number of hydrogen-bond donors (Lipinski definition) is 1. The Bertz CT molecular complexity index is 1190. The van der Waals surface area contributed by atoms with Gasteiger partial charge in [-0.3, -0.25) is 19.5 Å². The van der Waals surface area contributed by atoms with Crippen molar-refractivity contribution in [3.8, 4) is 5.75 Å². The minimum absolute atomic E-state index is 0.0198. The maximum absolute atomic E-state index is 12.4. The summed E-state index contributed by atoms with van der Waals surface area (Å²) in [5.74, 6) is 0.632. The molecule has 0 aliphatic rings. The maximum Gasteiger partial charge on any atom is 0.271 e. The van der Waals surface area contributed by atoms with E-state index in [0.29, 0.717) is 28.3 Å². The van der Waals surface area contributed by atoms with Crippen molar-refractivity contribution >= 4 is 52.2 Å². The predicted octanol–water partition coefficient (Wildman–Crippen LogP) is 5.55. The number of benzene rings is 2. The van der Waals surface area contributed by atoms with Crippen molar-refractivity contribution in [1.29, 1.82) is 0 Å². The highest BCUT2D eigenvalue weighted by molar-refractivity contribution is 7.99. The van der Waals surface area contributed by atoms with E-state index in [1.54, 1.807) is 28.8 Å². The molecular weight excluding hydrogens is 489 g/mol. The first-order valence-corrected chi connectivity index (χ1v) is 11.4. The van der Waals surface area contributed by atoms with Crippen LogP contribution < -0.4 is 10.1 Å². The average molecular weight is 508 g/mol. The molecule has 1 N–H and O–H groups in total. The Kier molecular flexibility index (Phi) is 8.32. The van der Waals surface area contributed by atoms with Gasteiger partial charge in [0.1, 0.15) is 5.75 Å². The van der Waals surface area contributed by atoms with Crippen molar-refractivity contribution in [3.63, 3.8) is 0 Å². The third kappa shape index (κ3) is 6.25. The summed E-state index contributed by atoms with van der Waals surface area (Å²) in [4.78, 5) is 22.8. The van der Waals surface area contributed by atoms with Crippen molar-refractivity contribution < 1.29 is 14.5 Å². The van der Waals surface area contributed by atoms with Gasteiger partial charge in [-0.05, 0) is 25.1 Å². The molecule has 1 aromatic heterocycles. The maximum atomic E-state index is 12.4. The highest BCUT2D eigenvalue weighted by Gasteiger charge is 2.21. The van der Waals surface area contributed by atoms with Gasteiger partial charge in [0.2, 0.25) is 5.91 Å². The summed E-state index contributed by atoms with van der Waals surface area (Å²) < 4.78 is 7.72. The van der Waals surface area contributed by atoms with Crippen LogP contribution in [0.1, 0.15) is 18.9 Å². The summed E-state index contributed by atoms with van der Waals surface area (Å²) in [5, 5.41) is 23.1. The van der Waals surface area contributed by atoms with Crippen molar-refractivity contribution in [2.24, 2.45) is 0 Å². The van der Waals surface area contributed by atoms with Crippen molar-refractivity contribution in [1.82, 2.24) is 14.8 Å². The second-order valence-electron chi connectivity index (χ2n) is 6.69. The number of anilines is 1. The molecule has 3 aromatic rings. The van der Waals surface area contributed by atoms with Gasteiger partial charge in [0, 0.05) is 18.7 Å². The number of allylic oxidation sites excluding steroid dienone is 1. The number of carbonyl (C=O) groups is 1. The molecule has 1 unspecified atom stereocenters. The van der Waals surface area contributed by atoms with E-state index in [0.717, 1.165) is 11.8 Å². The van der Waals surface area contributed by atoms with Gasteiger partial charge in [0.15, 0.2) is 17.1 Å². The number of amides is 1. The summed E-state index contributed by atoms with van der Waals surface area (Å²) in [5.41, 5.74) is -0.0169. The third-order valence-corrected chi connectivity index (χ3v) is 5.94. The number of rotatable bonds is 10. The molecule has 0 fully saturated rings. The molecule has 0 saturated heterocycles. The monoisotopic (exact) mass is 507 g/mol. The van der Waals surface area contributed by atoms with Gasteiger partial charge < -0.3 is 10.1 Å². The molecule has 0 radical (unpaired) electrons. The Morgan fingerprint density at radius 1 is 1.30 bits per heavy atom. The van der Waals surface area contributed by atoms with Crippen molar-refractivity contribution in [3.05, 3.63) is 81.1 Å². The number of thioether (sulfide) groups is 1. The summed E-state index contributed by atoms with van der Waals surface area (Å²) >= 11 is 13.4. The number of nitrogens with zero attached hydrogens (tertiary/aromatic N) is 4. The van der Waals surface area contributed by atoms with E-state index in [4.69, 9.17) is 27.9 Å². The van der Waals surface area contributed by atoms with Crippen LogP contribution in [-0.4, -0.2) is 31.3 Å². The number of ether oxygens (including phenoxy) is 1. The molecule has 0 saturated carbocycles. The van der Waals surface area contributed by atoms with Gasteiger partial charge in [0.05, 0.1) is 26.4 Å². The third-order valence-electron chi connectivity index (χ3n) is 4.33. The predicted molar refractivity (Wildman–Crippen MR) is 128 cm³/mol. The Labute approximate surface area is 203 Å². The molecule has 1 atom stereocenters. The van der Waals surface area contributed by atoms with E-state index in [1.165, 1.54) is 18.2 Å². The Hall–Kier alpha value is -3.08. The zero-order valence-electron chi connectivity index (χ0n) is 17.4. The first-order chi connectivity index (χ1) is 15.8. The molecule has 1 heterocycles. The number of para-hydroxylation sites is 1. The van der Waals surface area contributed by atoms with Gasteiger partial charge in [-0.2, -0.15) is 0 Å². The normalized spacial score (nSPS) is 11.6. The highest BCUT2D eigenvalue weighted by Crippen LogP contribution is 2.30. The van der Waals surface area contributed by atoms with Gasteiger partial charge >= 0.3 is 0 Å². The largest absolute Gasteiger partial charge is 0.481 e. The first-order valence-electron chi connectivity index (χ1n) is 9.62. The lowest BCUT2D eigenvalue weighted by Gasteiger charge is -2.16. The first kappa shape index (κ1) is 24.6. The summed E-state index contributed by atoms with van der Waals surface area (Å²) in [7, 11) is 0. The average Bonchev–Trinajstić information content (AvgIpc) is 3.18. The van der Waals surface area contributed by atoms with Gasteiger partial charge in [-0.15, -0.1) is 16.8 Å². The Balaban J connectivity index is 1.70. The lowest BCUT2D eigenvalue weighted by Crippen LogP contribution is -2.16. The SMILES string of the molecule is C=CCn1c(SCC(=O)Nc2cc([N+](=O)[O-])ccc2Cl)nnc1C(C)Oc1ccccc1Cl. The van der Waals surface area contributed by atoms with E-state index in [2.05, 4.69) is 22.1 Å². The molecule has 0 spiro atoms. The van der Waals surface area contributed by atoms with Crippen LogP contribution in [0.4, 0.5) is 11.4 Å². The van der Waals surface area contributed by atoms with Crippen LogP contribution in [0.2, 0.25) is 10.0 Å². The Morgan fingerprint density at radius 2 is 2.06 bits per heavy atom. The van der Waals surface area contributed by atoms with Crippen LogP contribution in [0.3, 0.4) is 0 Å². The van der Waals surface area contributed by atoms with Crippen LogP contribution in [-0.2, 0) is 11.3 Å². The smallest absolute Gasteiger partial charge is 0.271 e. The molecule has 12 heteroatoms. The van der Waals surface area contributed by atoms with Gasteiger partial charge in [-0.25, -0.2) is 0 Å². The quantitative estimate of drug-likeness (QED) is 0.165. The van der Waals surface area contributed by atoms with Crippen LogP contribution in [0.15, 0.2) is 60.3 Å². The van der Waals surface area contributed by atoms with Crippen LogP contribution in [0.5, 0.6) is 5.75 Å². The number of nitro groups is 1. The number of non-ortho nitro benzene ring substituents is 1. The summed E-state index contributed by atoms with van der Waals surface area (Å²) in [6, 6.07) is 10.9. The molecule has 172 valence electrons. The van der Waals surface area contributed by atoms with Gasteiger partial charge in [-0.1, -0.05) is 53.2 Å². The molecule has 33 heavy (non-hydrogen) atoms. The number of aromatic nitrogens is 3. The molecular formula is C21H19Cl2N5O4S. The van der Waals surface area contributed by atoms with E-state index in [-0.39, 0.29) is 22.2 Å². The second-order valence-corrected chi connectivity index (χ2v) is 8.45. The fraction of sp³-hybridized carbons (Fsp3) is 0.190. The molecule has 2 aromatic carbocycles. The number of hydrogen-bond acceptors (Lipinski definition) is 7. The minimum atomic E-state index is -0.564. The zero-order valence-corrected chi connectivity index (χ0v) is 19.7. The topological polar surface area (TPSA) is 112 Å². The standard InChI is InChI=1S/C21H19Cl2N5O4S/c1-3-10-27-20(13(2)32-18-7-5-4-6-16(18)23)25-26-21(27)33-12-19(29)24-17-11-14(28(30)31)8-9-15(17)22/h3-9,11,13H,1,10,12H2,2H3,(H,24,29). The molecule has 0 aliphatic heterocycles. The van der Waals surface area contributed by atoms with Crippen molar-refractivity contribution in [2.45, 2.75) is 24.7 Å². The van der Waals surface area contributed by atoms with E-state index >= 15 is 0 Å². The van der Waals surface area contributed by atoms with E-state index < -0.39 is 16.9 Å². The van der Waals surface area contributed by atoms with Crippen LogP contribution in [0, 0.1) is 10.1 Å². The lowest BCUT2D eigenvalue weighted by atomic mass is 10.3. The Morgan fingerprint density at radius 3 is 2.76 bits per heavy atom. The van der Waals surface area contributed by atoms with E-state index in [9.17, 15) is 14.9 Å². The second kappa shape index (κ2) is 11.2. The fourth-order valence-electron chi connectivity index (χ4n) is 2.83. The molecule has 9 nitrogen and oxygen atoms in total. The zero-order chi connectivity index (χ0) is 24.0. The minimum Gasteiger partial charge on any atom is -0.481 e. The molecule has 0 aliphatic carbocycles. The van der Waals surface area contributed by atoms with Gasteiger partial charge in [0.25, 0.3) is 5.69 Å². The highest BCUT2D eigenvalue weighted by atomic mass is 35.5. The number of nitro benzene ring substituents is 1. The molecule has 3 rings (SSSR count). The summed E-state index contributed by atoms with van der Waals surface area (Å²) in [6.07, 6.45) is 1.21. The summed E-state index contributed by atoms with van der Waals surface area (Å²) in [6.45, 7) is 5.98. The van der Waals surface area contributed by atoms with E-state index in [1.807, 2.05) is 13.0 Å². The number of carbonyl (C=O) groups excluding carboxylic acids is 1. The fourth-order valence-corrected chi connectivity index (χ4v) is 3.93.